The highest BCUT2D eigenvalue weighted by atomic mass is 32.2. The Hall–Kier alpha value is -0.950. The molecule has 19 heavy (non-hydrogen) atoms. The highest BCUT2D eigenvalue weighted by Crippen LogP contribution is 2.31. The van der Waals surface area contributed by atoms with E-state index in [1.54, 1.807) is 12.1 Å². The van der Waals surface area contributed by atoms with Crippen LogP contribution >= 0.6 is 0 Å². The second-order valence-corrected chi connectivity index (χ2v) is 6.33. The topological polar surface area (TPSA) is 101 Å². The van der Waals surface area contributed by atoms with Crippen molar-refractivity contribution in [2.24, 2.45) is 17.6 Å². The second kappa shape index (κ2) is 7.00. The standard InChI is InChI=1S/C7H8O3S.C6H13NO/c1-6-2-4-7(5-3-6)11(8,9)10;7-3-5-1-6(2-5)4-8/h2-5H,1H3,(H,8,9,10);5-6,8H,1-4,7H2. The van der Waals surface area contributed by atoms with Gasteiger partial charge in [0.15, 0.2) is 0 Å². The van der Waals surface area contributed by atoms with Gasteiger partial charge >= 0.3 is 0 Å². The number of aryl methyl sites for hydroxylation is 1. The van der Waals surface area contributed by atoms with Crippen molar-refractivity contribution in [2.75, 3.05) is 13.2 Å². The van der Waals surface area contributed by atoms with Crippen LogP contribution < -0.4 is 5.73 Å². The molecule has 0 saturated heterocycles. The molecule has 1 aromatic carbocycles. The minimum Gasteiger partial charge on any atom is -0.396 e. The summed E-state index contributed by atoms with van der Waals surface area (Å²) in [6, 6.07) is 5.99. The Labute approximate surface area is 114 Å². The van der Waals surface area contributed by atoms with E-state index in [2.05, 4.69) is 0 Å². The molecule has 5 nitrogen and oxygen atoms in total. The van der Waals surface area contributed by atoms with Gasteiger partial charge in [0.05, 0.1) is 4.90 Å². The first-order chi connectivity index (χ1) is 8.86. The van der Waals surface area contributed by atoms with Gasteiger partial charge in [0.1, 0.15) is 0 Å². The SMILES string of the molecule is Cc1ccc(S(=O)(=O)O)cc1.NCC1CC(CO)C1. The van der Waals surface area contributed by atoms with Crippen LogP contribution in [-0.2, 0) is 10.1 Å². The maximum atomic E-state index is 10.5. The fourth-order valence-corrected chi connectivity index (χ4v) is 2.41. The summed E-state index contributed by atoms with van der Waals surface area (Å²) in [7, 11) is -4.02. The normalized spacial score (nSPS) is 22.1. The predicted octanol–water partition coefficient (Wildman–Crippen LogP) is 1.21. The van der Waals surface area contributed by atoms with Crippen LogP contribution in [0.5, 0.6) is 0 Å². The van der Waals surface area contributed by atoms with Gasteiger partial charge in [-0.2, -0.15) is 8.42 Å². The van der Waals surface area contributed by atoms with Gasteiger partial charge in [-0.1, -0.05) is 17.7 Å². The van der Waals surface area contributed by atoms with E-state index in [-0.39, 0.29) is 4.90 Å². The Morgan fingerprint density at radius 1 is 1.21 bits per heavy atom. The monoisotopic (exact) mass is 287 g/mol. The average molecular weight is 287 g/mol. The molecule has 6 heteroatoms. The molecule has 1 aliphatic carbocycles. The fourth-order valence-electron chi connectivity index (χ4n) is 1.93. The molecule has 0 heterocycles. The molecular formula is C13H21NO4S. The van der Waals surface area contributed by atoms with Crippen molar-refractivity contribution in [3.8, 4) is 0 Å². The molecule has 0 atom stereocenters. The lowest BCUT2D eigenvalue weighted by Gasteiger charge is -2.32. The van der Waals surface area contributed by atoms with Gasteiger partial charge in [-0.15, -0.1) is 0 Å². The maximum Gasteiger partial charge on any atom is 0.294 e. The summed E-state index contributed by atoms with van der Waals surface area (Å²) >= 11 is 0. The van der Waals surface area contributed by atoms with E-state index in [9.17, 15) is 8.42 Å². The van der Waals surface area contributed by atoms with E-state index in [0.717, 1.165) is 24.9 Å². The number of aliphatic hydroxyl groups excluding tert-OH is 1. The number of benzene rings is 1. The molecule has 1 aromatic rings. The Balaban J connectivity index is 0.000000200. The van der Waals surface area contributed by atoms with Crippen LogP contribution in [0, 0.1) is 18.8 Å². The minimum absolute atomic E-state index is 0.0666. The first kappa shape index (κ1) is 16.1. The largest absolute Gasteiger partial charge is 0.396 e. The van der Waals surface area contributed by atoms with Crippen LogP contribution in [0.1, 0.15) is 18.4 Å². The van der Waals surface area contributed by atoms with Crippen molar-refractivity contribution in [1.82, 2.24) is 0 Å². The van der Waals surface area contributed by atoms with Crippen LogP contribution in [0.2, 0.25) is 0 Å². The Morgan fingerprint density at radius 2 is 1.74 bits per heavy atom. The van der Waals surface area contributed by atoms with Crippen molar-refractivity contribution in [3.05, 3.63) is 29.8 Å². The van der Waals surface area contributed by atoms with Gasteiger partial charge in [-0.05, 0) is 50.3 Å². The Kier molecular flexibility index (Phi) is 5.93. The van der Waals surface area contributed by atoms with E-state index in [0.29, 0.717) is 18.4 Å². The lowest BCUT2D eigenvalue weighted by Crippen LogP contribution is -2.31. The van der Waals surface area contributed by atoms with Gasteiger partial charge in [0.2, 0.25) is 0 Å². The molecule has 1 saturated carbocycles. The molecule has 0 aliphatic heterocycles. The molecule has 2 rings (SSSR count). The van der Waals surface area contributed by atoms with Gasteiger partial charge in [0.25, 0.3) is 10.1 Å². The van der Waals surface area contributed by atoms with Crippen molar-refractivity contribution in [1.29, 1.82) is 0 Å². The summed E-state index contributed by atoms with van der Waals surface area (Å²) in [5.41, 5.74) is 6.33. The average Bonchev–Trinajstić information content (AvgIpc) is 2.28. The molecule has 0 amide bonds. The Morgan fingerprint density at radius 3 is 2.11 bits per heavy atom. The van der Waals surface area contributed by atoms with Crippen molar-refractivity contribution < 1.29 is 18.1 Å². The Bertz CT molecular complexity index is 470. The van der Waals surface area contributed by atoms with E-state index in [4.69, 9.17) is 15.4 Å². The molecule has 0 radical (unpaired) electrons. The van der Waals surface area contributed by atoms with Crippen LogP contribution in [0.25, 0.3) is 0 Å². The summed E-state index contributed by atoms with van der Waals surface area (Å²) < 4.78 is 29.6. The highest BCUT2D eigenvalue weighted by molar-refractivity contribution is 7.85. The van der Waals surface area contributed by atoms with Gasteiger partial charge in [-0.3, -0.25) is 4.55 Å². The van der Waals surface area contributed by atoms with Crippen LogP contribution in [0.15, 0.2) is 29.2 Å². The third kappa shape index (κ3) is 5.28. The van der Waals surface area contributed by atoms with Crippen molar-refractivity contribution in [3.63, 3.8) is 0 Å². The number of hydrogen-bond donors (Lipinski definition) is 3. The van der Waals surface area contributed by atoms with Gasteiger partial charge in [-0.25, -0.2) is 0 Å². The number of aliphatic hydroxyl groups is 1. The summed E-state index contributed by atoms with van der Waals surface area (Å²) in [6.07, 6.45) is 2.29. The van der Waals surface area contributed by atoms with E-state index in [1.807, 2.05) is 6.92 Å². The van der Waals surface area contributed by atoms with E-state index in [1.165, 1.54) is 12.1 Å². The summed E-state index contributed by atoms with van der Waals surface area (Å²) in [4.78, 5) is -0.0666. The summed E-state index contributed by atoms with van der Waals surface area (Å²) in [5.74, 6) is 1.29. The van der Waals surface area contributed by atoms with Gasteiger partial charge < -0.3 is 10.8 Å². The molecule has 1 aliphatic rings. The van der Waals surface area contributed by atoms with E-state index >= 15 is 0 Å². The smallest absolute Gasteiger partial charge is 0.294 e. The predicted molar refractivity (Wildman–Crippen MR) is 73.3 cm³/mol. The number of hydrogen-bond acceptors (Lipinski definition) is 4. The zero-order chi connectivity index (χ0) is 14.5. The first-order valence-electron chi connectivity index (χ1n) is 6.22. The summed E-state index contributed by atoms with van der Waals surface area (Å²) in [6.45, 7) is 3.00. The summed E-state index contributed by atoms with van der Waals surface area (Å²) in [5, 5.41) is 8.56. The molecule has 108 valence electrons. The molecule has 4 N–H and O–H groups in total. The number of nitrogens with two attached hydrogens (primary N) is 1. The lowest BCUT2D eigenvalue weighted by molar-refractivity contribution is 0.112. The molecule has 0 bridgehead atoms. The van der Waals surface area contributed by atoms with Crippen molar-refractivity contribution >= 4 is 10.1 Å². The number of rotatable bonds is 3. The van der Waals surface area contributed by atoms with Crippen LogP contribution in [-0.4, -0.2) is 31.2 Å². The zero-order valence-electron chi connectivity index (χ0n) is 11.0. The lowest BCUT2D eigenvalue weighted by atomic mass is 9.75. The van der Waals surface area contributed by atoms with Crippen LogP contribution in [0.3, 0.4) is 0 Å². The van der Waals surface area contributed by atoms with Crippen molar-refractivity contribution in [2.45, 2.75) is 24.7 Å². The fraction of sp³-hybridized carbons (Fsp3) is 0.538. The molecule has 0 aromatic heterocycles. The molecule has 1 fully saturated rings. The first-order valence-corrected chi connectivity index (χ1v) is 7.66. The quantitative estimate of drug-likeness (QED) is 0.725. The minimum atomic E-state index is -4.02. The third-order valence-corrected chi connectivity index (χ3v) is 4.11. The highest BCUT2D eigenvalue weighted by Gasteiger charge is 2.26. The molecule has 0 spiro atoms. The van der Waals surface area contributed by atoms with E-state index < -0.39 is 10.1 Å². The maximum absolute atomic E-state index is 10.5. The van der Waals surface area contributed by atoms with Gasteiger partial charge in [0, 0.05) is 6.61 Å². The third-order valence-electron chi connectivity index (χ3n) is 3.24. The van der Waals surface area contributed by atoms with Crippen LogP contribution in [0.4, 0.5) is 0 Å². The molecular weight excluding hydrogens is 266 g/mol. The molecule has 0 unspecified atom stereocenters. The second-order valence-electron chi connectivity index (χ2n) is 4.91. The zero-order valence-corrected chi connectivity index (χ0v) is 11.8.